The van der Waals surface area contributed by atoms with Crippen molar-refractivity contribution in [2.45, 2.75) is 25.7 Å². The van der Waals surface area contributed by atoms with Crippen molar-refractivity contribution in [3.63, 3.8) is 0 Å². The number of carbonyl (C=O) groups excluding carboxylic acids is 1. The fraction of sp³-hybridized carbons (Fsp3) is 0.208. The summed E-state index contributed by atoms with van der Waals surface area (Å²) in [5.41, 5.74) is 3.28. The normalized spacial score (nSPS) is 12.0. The van der Waals surface area contributed by atoms with Gasteiger partial charge in [-0.15, -0.1) is 11.3 Å². The molecular formula is C24H20BrN3O2S2. The van der Waals surface area contributed by atoms with E-state index in [0.717, 1.165) is 41.3 Å². The number of thiocarbonyl (C=S) groups is 1. The SMILES string of the molecule is N#Cc1c(NC(=S)NC(=O)c2cc(Br)ccc2OCCc2ccccc2)sc2c1CCC2. The number of nitrogens with one attached hydrogen (secondary N) is 2. The van der Waals surface area contributed by atoms with Crippen LogP contribution in [0.15, 0.2) is 53.0 Å². The number of nitrogens with zero attached hydrogens (tertiary/aromatic N) is 1. The number of hydrogen-bond donors (Lipinski definition) is 2. The van der Waals surface area contributed by atoms with Gasteiger partial charge in [0.1, 0.15) is 16.8 Å². The number of thiophene rings is 1. The topological polar surface area (TPSA) is 74.2 Å². The number of amides is 1. The number of aryl methyl sites for hydroxylation is 1. The van der Waals surface area contributed by atoms with E-state index >= 15 is 0 Å². The maximum Gasteiger partial charge on any atom is 0.261 e. The van der Waals surface area contributed by atoms with Gasteiger partial charge in [-0.3, -0.25) is 10.1 Å². The molecule has 0 bridgehead atoms. The number of benzene rings is 2. The first-order valence-corrected chi connectivity index (χ1v) is 12.2. The molecule has 162 valence electrons. The minimum absolute atomic E-state index is 0.154. The lowest BCUT2D eigenvalue weighted by molar-refractivity contribution is 0.0973. The highest BCUT2D eigenvalue weighted by Crippen LogP contribution is 2.38. The van der Waals surface area contributed by atoms with Gasteiger partial charge < -0.3 is 10.1 Å². The average Bonchev–Trinajstić information content (AvgIpc) is 3.36. The summed E-state index contributed by atoms with van der Waals surface area (Å²) in [4.78, 5) is 14.2. The fourth-order valence-corrected chi connectivity index (χ4v) is 5.51. The van der Waals surface area contributed by atoms with Crippen molar-refractivity contribution in [3.05, 3.63) is 80.1 Å². The van der Waals surface area contributed by atoms with E-state index in [0.29, 0.717) is 28.5 Å². The van der Waals surface area contributed by atoms with Crippen LogP contribution in [0.1, 0.15) is 38.3 Å². The summed E-state index contributed by atoms with van der Waals surface area (Å²) in [6, 6.07) is 17.6. The van der Waals surface area contributed by atoms with Crippen LogP contribution in [-0.4, -0.2) is 17.6 Å². The summed E-state index contributed by atoms with van der Waals surface area (Å²) < 4.78 is 6.67. The van der Waals surface area contributed by atoms with E-state index in [4.69, 9.17) is 17.0 Å². The lowest BCUT2D eigenvalue weighted by Crippen LogP contribution is -2.34. The van der Waals surface area contributed by atoms with Gasteiger partial charge in [-0.1, -0.05) is 46.3 Å². The van der Waals surface area contributed by atoms with Crippen LogP contribution in [0, 0.1) is 11.3 Å². The van der Waals surface area contributed by atoms with Gasteiger partial charge in [0.05, 0.1) is 17.7 Å². The van der Waals surface area contributed by atoms with Gasteiger partial charge in [0, 0.05) is 15.8 Å². The molecule has 0 aliphatic heterocycles. The molecule has 2 aromatic carbocycles. The van der Waals surface area contributed by atoms with Gasteiger partial charge in [-0.05, 0) is 60.8 Å². The Morgan fingerprint density at radius 1 is 1.22 bits per heavy atom. The Hall–Kier alpha value is -2.73. The zero-order valence-corrected chi connectivity index (χ0v) is 20.3. The molecule has 8 heteroatoms. The van der Waals surface area contributed by atoms with Gasteiger partial charge in [-0.25, -0.2) is 0 Å². The molecule has 0 saturated carbocycles. The molecule has 0 saturated heterocycles. The van der Waals surface area contributed by atoms with Crippen LogP contribution in [0.4, 0.5) is 5.00 Å². The van der Waals surface area contributed by atoms with E-state index in [1.807, 2.05) is 36.4 Å². The van der Waals surface area contributed by atoms with Crippen LogP contribution in [0.3, 0.4) is 0 Å². The highest BCUT2D eigenvalue weighted by Gasteiger charge is 2.23. The van der Waals surface area contributed by atoms with E-state index in [1.54, 1.807) is 12.1 Å². The largest absolute Gasteiger partial charge is 0.492 e. The molecule has 1 aliphatic carbocycles. The third-order valence-electron chi connectivity index (χ3n) is 5.16. The zero-order chi connectivity index (χ0) is 22.5. The number of nitriles is 1. The van der Waals surface area contributed by atoms with E-state index in [-0.39, 0.29) is 11.0 Å². The minimum atomic E-state index is -0.374. The minimum Gasteiger partial charge on any atom is -0.492 e. The van der Waals surface area contributed by atoms with Gasteiger partial charge >= 0.3 is 0 Å². The molecule has 0 spiro atoms. The van der Waals surface area contributed by atoms with Crippen molar-refractivity contribution in [2.75, 3.05) is 11.9 Å². The fourth-order valence-electron chi connectivity index (χ4n) is 3.64. The monoisotopic (exact) mass is 525 g/mol. The first kappa shape index (κ1) is 22.5. The number of hydrogen-bond acceptors (Lipinski definition) is 5. The molecule has 2 N–H and O–H groups in total. The van der Waals surface area contributed by atoms with E-state index in [9.17, 15) is 10.1 Å². The Morgan fingerprint density at radius 2 is 2.03 bits per heavy atom. The molecule has 1 amide bonds. The molecule has 3 aromatic rings. The number of anilines is 1. The zero-order valence-electron chi connectivity index (χ0n) is 17.1. The Morgan fingerprint density at radius 3 is 2.81 bits per heavy atom. The van der Waals surface area contributed by atoms with Crippen LogP contribution in [-0.2, 0) is 19.3 Å². The summed E-state index contributed by atoms with van der Waals surface area (Å²) in [5.74, 6) is 0.110. The molecule has 1 heterocycles. The third-order valence-corrected chi connectivity index (χ3v) is 7.07. The number of fused-ring (bicyclic) bond motifs is 1. The molecule has 0 unspecified atom stereocenters. The average molecular weight is 526 g/mol. The predicted molar refractivity (Wildman–Crippen MR) is 135 cm³/mol. The Labute approximate surface area is 204 Å². The first-order chi connectivity index (χ1) is 15.5. The number of ether oxygens (including phenoxy) is 1. The quantitative estimate of drug-likeness (QED) is 0.408. The Bertz CT molecular complexity index is 1200. The molecule has 0 atom stereocenters. The second-order valence-electron chi connectivity index (χ2n) is 7.31. The van der Waals surface area contributed by atoms with Gasteiger partial charge in [-0.2, -0.15) is 5.26 Å². The van der Waals surface area contributed by atoms with Gasteiger partial charge in [0.15, 0.2) is 5.11 Å². The van der Waals surface area contributed by atoms with Crippen LogP contribution < -0.4 is 15.4 Å². The molecule has 32 heavy (non-hydrogen) atoms. The van der Waals surface area contributed by atoms with Crippen molar-refractivity contribution in [1.29, 1.82) is 5.26 Å². The molecular weight excluding hydrogens is 506 g/mol. The van der Waals surface area contributed by atoms with Gasteiger partial charge in [0.25, 0.3) is 5.91 Å². The lowest BCUT2D eigenvalue weighted by atomic mass is 10.1. The lowest BCUT2D eigenvalue weighted by Gasteiger charge is -2.13. The summed E-state index contributed by atoms with van der Waals surface area (Å²) >= 11 is 10.3. The maximum absolute atomic E-state index is 12.9. The van der Waals surface area contributed by atoms with Crippen molar-refractivity contribution in [3.8, 4) is 11.8 Å². The number of carbonyl (C=O) groups is 1. The van der Waals surface area contributed by atoms with Crippen LogP contribution in [0.2, 0.25) is 0 Å². The Kier molecular flexibility index (Phi) is 7.20. The molecule has 0 fully saturated rings. The van der Waals surface area contributed by atoms with Crippen LogP contribution >= 0.6 is 39.5 Å². The molecule has 1 aliphatic rings. The van der Waals surface area contributed by atoms with Crippen LogP contribution in [0.25, 0.3) is 0 Å². The van der Waals surface area contributed by atoms with Crippen molar-refractivity contribution in [1.82, 2.24) is 5.32 Å². The number of halogens is 1. The van der Waals surface area contributed by atoms with E-state index < -0.39 is 0 Å². The summed E-state index contributed by atoms with van der Waals surface area (Å²) in [6.45, 7) is 0.445. The standard InChI is InChI=1S/C24H20BrN3O2S2/c25-16-9-10-20(30-12-11-15-5-2-1-3-6-15)18(13-16)22(29)27-24(31)28-23-19(14-26)17-7-4-8-21(17)32-23/h1-3,5-6,9-10,13H,4,7-8,11-12H2,(H2,27,28,29,31). The summed E-state index contributed by atoms with van der Waals surface area (Å²) in [7, 11) is 0. The number of rotatable bonds is 6. The Balaban J connectivity index is 1.42. The smallest absolute Gasteiger partial charge is 0.261 e. The third kappa shape index (κ3) is 5.18. The van der Waals surface area contributed by atoms with E-state index in [2.05, 4.69) is 32.6 Å². The van der Waals surface area contributed by atoms with Crippen molar-refractivity contribution >= 4 is 55.5 Å². The molecule has 5 nitrogen and oxygen atoms in total. The molecule has 4 rings (SSSR count). The molecule has 0 radical (unpaired) electrons. The second kappa shape index (κ2) is 10.3. The molecule has 1 aromatic heterocycles. The summed E-state index contributed by atoms with van der Waals surface area (Å²) in [5, 5.41) is 16.1. The summed E-state index contributed by atoms with van der Waals surface area (Å²) in [6.07, 6.45) is 3.71. The van der Waals surface area contributed by atoms with E-state index in [1.165, 1.54) is 16.2 Å². The highest BCUT2D eigenvalue weighted by molar-refractivity contribution is 9.10. The van der Waals surface area contributed by atoms with Crippen molar-refractivity contribution < 1.29 is 9.53 Å². The second-order valence-corrected chi connectivity index (χ2v) is 9.74. The van der Waals surface area contributed by atoms with Gasteiger partial charge in [0.2, 0.25) is 0 Å². The van der Waals surface area contributed by atoms with Crippen molar-refractivity contribution in [2.24, 2.45) is 0 Å². The predicted octanol–water partition coefficient (Wildman–Crippen LogP) is 5.62. The maximum atomic E-state index is 12.9. The highest BCUT2D eigenvalue weighted by atomic mass is 79.9. The first-order valence-electron chi connectivity index (χ1n) is 10.2. The van der Waals surface area contributed by atoms with Crippen LogP contribution in [0.5, 0.6) is 5.75 Å².